The van der Waals surface area contributed by atoms with Crippen LogP contribution in [0, 0.1) is 0 Å². The second kappa shape index (κ2) is 17.7. The number of carbonyl (C=O) groups excluding carboxylic acids is 3. The minimum Gasteiger partial charge on any atom is -0.490 e. The van der Waals surface area contributed by atoms with E-state index < -0.39 is 24.3 Å². The predicted octanol–water partition coefficient (Wildman–Crippen LogP) is 5.49. The molecule has 0 aliphatic carbocycles. The van der Waals surface area contributed by atoms with Crippen LogP contribution in [0.15, 0.2) is 79.9 Å². The van der Waals surface area contributed by atoms with Crippen molar-refractivity contribution in [1.29, 1.82) is 0 Å². The number of amides is 2. The third-order valence-electron chi connectivity index (χ3n) is 6.98. The van der Waals surface area contributed by atoms with Crippen LogP contribution in [0.5, 0.6) is 17.2 Å². The number of nitrogens with zero attached hydrogens (tertiary/aromatic N) is 1. The molecule has 3 aromatic rings. The van der Waals surface area contributed by atoms with Crippen LogP contribution in [0.25, 0.3) is 0 Å². The third-order valence-corrected chi connectivity index (χ3v) is 8.03. The summed E-state index contributed by atoms with van der Waals surface area (Å²) >= 11 is 7.01. The van der Waals surface area contributed by atoms with E-state index >= 15 is 0 Å². The first kappa shape index (κ1) is 37.2. The van der Waals surface area contributed by atoms with Crippen molar-refractivity contribution in [2.75, 3.05) is 26.9 Å². The van der Waals surface area contributed by atoms with Gasteiger partial charge in [0, 0.05) is 15.7 Å². The Morgan fingerprint density at radius 2 is 1.76 bits per heavy atom. The molecule has 0 unspecified atom stereocenters. The number of halogens is 2. The summed E-state index contributed by atoms with van der Waals surface area (Å²) in [5.41, 5.74) is 5.75. The van der Waals surface area contributed by atoms with E-state index in [0.717, 1.165) is 10.0 Å². The lowest BCUT2D eigenvalue weighted by Gasteiger charge is -2.28. The van der Waals surface area contributed by atoms with Gasteiger partial charge in [-0.05, 0) is 84.2 Å². The number of allylic oxidation sites excluding steroid dienone is 1. The van der Waals surface area contributed by atoms with Crippen molar-refractivity contribution < 1.29 is 43.2 Å². The first-order valence-electron chi connectivity index (χ1n) is 15.1. The lowest BCUT2D eigenvalue weighted by Crippen LogP contribution is -2.45. The Kier molecular flexibility index (Phi) is 13.4. The number of benzene rings is 3. The molecule has 0 saturated heterocycles. The second-order valence-corrected chi connectivity index (χ2v) is 12.2. The topological polar surface area (TPSA) is 166 Å². The summed E-state index contributed by atoms with van der Waals surface area (Å²) in [5.74, 6) is 0.225. The van der Waals surface area contributed by atoms with Crippen molar-refractivity contribution in [3.05, 3.63) is 97.1 Å². The number of aliphatic hydroxyl groups is 1. The van der Waals surface area contributed by atoms with E-state index in [9.17, 15) is 19.5 Å². The van der Waals surface area contributed by atoms with Crippen LogP contribution < -0.4 is 30.3 Å². The summed E-state index contributed by atoms with van der Waals surface area (Å²) in [7, 11) is 1.27. The van der Waals surface area contributed by atoms with E-state index in [1.54, 1.807) is 69.3 Å². The molecule has 0 spiro atoms. The van der Waals surface area contributed by atoms with Gasteiger partial charge in [-0.1, -0.05) is 34.1 Å². The highest BCUT2D eigenvalue weighted by Gasteiger charge is 2.32. The predicted molar refractivity (Wildman–Crippen MR) is 188 cm³/mol. The minimum atomic E-state index is -1.21. The van der Waals surface area contributed by atoms with Crippen molar-refractivity contribution in [1.82, 2.24) is 16.1 Å². The van der Waals surface area contributed by atoms with Crippen LogP contribution >= 0.6 is 31.9 Å². The zero-order chi connectivity index (χ0) is 35.5. The maximum Gasteiger partial charge on any atom is 0.338 e. The number of carbonyl (C=O) groups is 3. The molecule has 4 rings (SSSR count). The molecule has 0 fully saturated rings. The molecule has 0 saturated carbocycles. The SMILES string of the molecule is CCOC(=O)c1ccc(COc2c(Br)cc(Br)cc2/C=N/N[C@H](O)COc2ccc([C@@H]3NC(=O)NC(C)=C3C(=O)OC)cc2OCC)cc1. The molecular formula is C34H36Br2N4O9. The standard InChI is InChI=1S/C34H36Br2N4O9/c1-5-46-27-14-22(30-29(33(43)45-4)19(3)38-34(44)39-30)11-12-26(27)48-18-28(41)40-37-16-23-13-24(35)15-25(36)31(23)49-17-20-7-9-21(10-8-20)32(42)47-6-2/h7-16,28,30,40-41H,5-6,17-18H2,1-4H3,(H2,38,39,44)/b37-16+/t28-,30+/m1/s1. The van der Waals surface area contributed by atoms with Gasteiger partial charge in [0.05, 0.1) is 48.2 Å². The van der Waals surface area contributed by atoms with E-state index in [0.29, 0.717) is 57.3 Å². The molecule has 0 bridgehead atoms. The van der Waals surface area contributed by atoms with Gasteiger partial charge >= 0.3 is 18.0 Å². The molecule has 1 heterocycles. The van der Waals surface area contributed by atoms with Gasteiger partial charge in [0.25, 0.3) is 0 Å². The number of hydrogen-bond acceptors (Lipinski definition) is 11. The number of esters is 2. The average molecular weight is 804 g/mol. The summed E-state index contributed by atoms with van der Waals surface area (Å²) in [4.78, 5) is 36.6. The van der Waals surface area contributed by atoms with E-state index in [1.165, 1.54) is 13.3 Å². The zero-order valence-electron chi connectivity index (χ0n) is 27.2. The maximum atomic E-state index is 12.5. The number of nitrogens with one attached hydrogen (secondary N) is 3. The molecule has 15 heteroatoms. The highest BCUT2D eigenvalue weighted by Crippen LogP contribution is 2.35. The average Bonchev–Trinajstić information content (AvgIpc) is 3.07. The fourth-order valence-electron chi connectivity index (χ4n) is 4.75. The number of aliphatic hydroxyl groups excluding tert-OH is 1. The summed E-state index contributed by atoms with van der Waals surface area (Å²) < 4.78 is 29.1. The number of rotatable bonds is 15. The Morgan fingerprint density at radius 1 is 1.00 bits per heavy atom. The Morgan fingerprint density at radius 3 is 2.45 bits per heavy atom. The van der Waals surface area contributed by atoms with Gasteiger partial charge in [-0.15, -0.1) is 0 Å². The fourth-order valence-corrected chi connectivity index (χ4v) is 6.12. The van der Waals surface area contributed by atoms with Gasteiger partial charge in [0.2, 0.25) is 0 Å². The Hall–Kier alpha value is -4.60. The summed E-state index contributed by atoms with van der Waals surface area (Å²) in [5, 5.41) is 20.1. The van der Waals surface area contributed by atoms with Crippen LogP contribution in [-0.2, 0) is 20.9 Å². The van der Waals surface area contributed by atoms with Crippen molar-refractivity contribution >= 4 is 56.0 Å². The largest absolute Gasteiger partial charge is 0.490 e. The fraction of sp³-hybridized carbons (Fsp3) is 0.294. The number of methoxy groups -OCH3 is 1. The molecule has 13 nitrogen and oxygen atoms in total. The van der Waals surface area contributed by atoms with Gasteiger partial charge in [-0.25, -0.2) is 14.4 Å². The number of hydrazone groups is 1. The van der Waals surface area contributed by atoms with Gasteiger partial charge in [-0.3, -0.25) is 5.43 Å². The van der Waals surface area contributed by atoms with Crippen molar-refractivity contribution in [3.63, 3.8) is 0 Å². The third kappa shape index (κ3) is 9.96. The van der Waals surface area contributed by atoms with E-state index in [1.807, 2.05) is 6.07 Å². The molecule has 1 aliphatic heterocycles. The molecule has 4 N–H and O–H groups in total. The Bertz CT molecular complexity index is 1730. The molecule has 2 atom stereocenters. The van der Waals surface area contributed by atoms with Crippen LogP contribution in [0.3, 0.4) is 0 Å². The number of hydrogen-bond donors (Lipinski definition) is 4. The van der Waals surface area contributed by atoms with E-state index in [-0.39, 0.29) is 24.8 Å². The molecular weight excluding hydrogens is 768 g/mol. The molecule has 0 aromatic heterocycles. The Balaban J connectivity index is 1.40. The first-order chi connectivity index (χ1) is 23.5. The van der Waals surface area contributed by atoms with Crippen LogP contribution in [0.1, 0.15) is 53.9 Å². The molecule has 0 radical (unpaired) electrons. The lowest BCUT2D eigenvalue weighted by atomic mass is 9.95. The summed E-state index contributed by atoms with van der Waals surface area (Å²) in [6, 6.07) is 14.3. The Labute approximate surface area is 300 Å². The number of ether oxygens (including phenoxy) is 5. The monoisotopic (exact) mass is 802 g/mol. The molecule has 260 valence electrons. The second-order valence-electron chi connectivity index (χ2n) is 10.4. The normalized spacial score (nSPS) is 14.8. The smallest absolute Gasteiger partial charge is 0.338 e. The summed E-state index contributed by atoms with van der Waals surface area (Å²) in [6.07, 6.45) is 0.295. The number of urea groups is 1. The minimum absolute atomic E-state index is 0.194. The zero-order valence-corrected chi connectivity index (χ0v) is 30.3. The summed E-state index contributed by atoms with van der Waals surface area (Å²) in [6.45, 7) is 5.82. The van der Waals surface area contributed by atoms with Gasteiger partial charge < -0.3 is 39.4 Å². The maximum absolute atomic E-state index is 12.5. The molecule has 1 aliphatic rings. The van der Waals surface area contributed by atoms with Crippen molar-refractivity contribution in [3.8, 4) is 17.2 Å². The van der Waals surface area contributed by atoms with Crippen LogP contribution in [-0.4, -0.2) is 62.4 Å². The van der Waals surface area contributed by atoms with Crippen molar-refractivity contribution in [2.45, 2.75) is 39.6 Å². The van der Waals surface area contributed by atoms with Gasteiger partial charge in [-0.2, -0.15) is 5.10 Å². The highest BCUT2D eigenvalue weighted by atomic mass is 79.9. The molecule has 49 heavy (non-hydrogen) atoms. The molecule has 3 aromatic carbocycles. The van der Waals surface area contributed by atoms with E-state index in [2.05, 4.69) is 53.0 Å². The quantitative estimate of drug-likeness (QED) is 0.0669. The van der Waals surface area contributed by atoms with Gasteiger partial charge in [0.1, 0.15) is 19.0 Å². The first-order valence-corrected chi connectivity index (χ1v) is 16.7. The van der Waals surface area contributed by atoms with Crippen molar-refractivity contribution in [2.24, 2.45) is 5.10 Å². The van der Waals surface area contributed by atoms with Gasteiger partial charge in [0.15, 0.2) is 17.7 Å². The lowest BCUT2D eigenvalue weighted by molar-refractivity contribution is -0.136. The highest BCUT2D eigenvalue weighted by molar-refractivity contribution is 9.11. The van der Waals surface area contributed by atoms with Crippen LogP contribution in [0.4, 0.5) is 4.79 Å². The van der Waals surface area contributed by atoms with Crippen LogP contribution in [0.2, 0.25) is 0 Å². The van der Waals surface area contributed by atoms with E-state index in [4.69, 9.17) is 23.7 Å². The molecule has 2 amide bonds.